The Hall–Kier alpha value is -2.28. The SMILES string of the molecule is CN(Cc1cnccn1)C(=O)[C@@H]1[C@@H]2C=C[C@@]3(CN(CC(C)(C)C)C(=O)[C@@H]13)O2. The lowest BCUT2D eigenvalue weighted by atomic mass is 9.76. The molecule has 2 bridgehead atoms. The summed E-state index contributed by atoms with van der Waals surface area (Å²) in [4.78, 5) is 38.1. The largest absolute Gasteiger partial charge is 0.360 e. The molecule has 0 radical (unpaired) electrons. The number of amides is 2. The van der Waals surface area contributed by atoms with Crippen molar-refractivity contribution < 1.29 is 14.3 Å². The van der Waals surface area contributed by atoms with Crippen LogP contribution in [0.4, 0.5) is 0 Å². The third kappa shape index (κ3) is 3.04. The molecule has 2 fully saturated rings. The smallest absolute Gasteiger partial charge is 0.230 e. The van der Waals surface area contributed by atoms with Crippen molar-refractivity contribution in [1.82, 2.24) is 19.8 Å². The van der Waals surface area contributed by atoms with Crippen molar-refractivity contribution in [2.45, 2.75) is 39.0 Å². The van der Waals surface area contributed by atoms with E-state index in [1.54, 1.807) is 30.5 Å². The molecule has 4 atom stereocenters. The van der Waals surface area contributed by atoms with E-state index in [2.05, 4.69) is 30.7 Å². The number of rotatable bonds is 4. The van der Waals surface area contributed by atoms with Crippen LogP contribution in [0, 0.1) is 17.3 Å². The van der Waals surface area contributed by atoms with E-state index in [1.165, 1.54) is 0 Å². The molecule has 0 unspecified atom stereocenters. The molecule has 1 aromatic rings. The van der Waals surface area contributed by atoms with Crippen LogP contribution in [0.1, 0.15) is 26.5 Å². The van der Waals surface area contributed by atoms with E-state index in [0.717, 1.165) is 5.69 Å². The summed E-state index contributed by atoms with van der Waals surface area (Å²) in [7, 11) is 1.74. The van der Waals surface area contributed by atoms with Crippen LogP contribution in [0.25, 0.3) is 0 Å². The van der Waals surface area contributed by atoms with E-state index >= 15 is 0 Å². The third-order valence-electron chi connectivity index (χ3n) is 5.52. The maximum absolute atomic E-state index is 13.2. The standard InChI is InChI=1S/C20H26N4O3/c1-19(2,3)11-24-12-20-6-5-14(27-20)15(16(20)18(24)26)17(25)23(4)10-13-9-21-7-8-22-13/h5-9,14-16H,10-12H2,1-4H3/t14-,15+,16+,20-/m0/s1. The van der Waals surface area contributed by atoms with Gasteiger partial charge in [-0.1, -0.05) is 32.9 Å². The Kier molecular flexibility index (Phi) is 4.10. The molecule has 7 nitrogen and oxygen atoms in total. The highest BCUT2D eigenvalue weighted by Crippen LogP contribution is 2.52. The lowest BCUT2D eigenvalue weighted by molar-refractivity contribution is -0.143. The van der Waals surface area contributed by atoms with Crippen molar-refractivity contribution in [3.05, 3.63) is 36.4 Å². The Balaban J connectivity index is 1.55. The zero-order valence-electron chi connectivity index (χ0n) is 16.3. The predicted octanol–water partition coefficient (Wildman–Crippen LogP) is 1.26. The molecule has 0 aromatic carbocycles. The maximum atomic E-state index is 13.2. The van der Waals surface area contributed by atoms with Gasteiger partial charge >= 0.3 is 0 Å². The summed E-state index contributed by atoms with van der Waals surface area (Å²) in [6, 6.07) is 0. The van der Waals surface area contributed by atoms with Gasteiger partial charge in [0.2, 0.25) is 11.8 Å². The van der Waals surface area contributed by atoms with Gasteiger partial charge in [-0.15, -0.1) is 0 Å². The Bertz CT molecular complexity index is 788. The number of likely N-dealkylation sites (tertiary alicyclic amines) is 1. The Morgan fingerprint density at radius 1 is 1.41 bits per heavy atom. The molecule has 0 aliphatic carbocycles. The van der Waals surface area contributed by atoms with Crippen molar-refractivity contribution in [1.29, 1.82) is 0 Å². The van der Waals surface area contributed by atoms with E-state index in [-0.39, 0.29) is 23.3 Å². The molecular weight excluding hydrogens is 344 g/mol. The second kappa shape index (κ2) is 6.12. The number of nitrogens with zero attached hydrogens (tertiary/aromatic N) is 4. The first-order valence-corrected chi connectivity index (χ1v) is 9.36. The van der Waals surface area contributed by atoms with E-state index < -0.39 is 17.4 Å². The lowest BCUT2D eigenvalue weighted by Gasteiger charge is -2.29. The minimum Gasteiger partial charge on any atom is -0.360 e. The predicted molar refractivity (Wildman–Crippen MR) is 98.3 cm³/mol. The van der Waals surface area contributed by atoms with Gasteiger partial charge in [-0.2, -0.15) is 0 Å². The van der Waals surface area contributed by atoms with E-state index in [9.17, 15) is 9.59 Å². The van der Waals surface area contributed by atoms with Gasteiger partial charge in [-0.25, -0.2) is 0 Å². The van der Waals surface area contributed by atoms with Crippen LogP contribution < -0.4 is 0 Å². The molecule has 1 aromatic heterocycles. The minimum absolute atomic E-state index is 0.00503. The van der Waals surface area contributed by atoms with Crippen molar-refractivity contribution in [2.24, 2.45) is 17.3 Å². The average Bonchev–Trinajstić information content (AvgIpc) is 3.22. The van der Waals surface area contributed by atoms with Crippen molar-refractivity contribution in [3.63, 3.8) is 0 Å². The molecule has 3 aliphatic heterocycles. The fourth-order valence-corrected chi connectivity index (χ4v) is 4.55. The molecular formula is C20H26N4O3. The third-order valence-corrected chi connectivity index (χ3v) is 5.52. The second-order valence-corrected chi connectivity index (χ2v) is 9.05. The first-order chi connectivity index (χ1) is 12.7. The summed E-state index contributed by atoms with van der Waals surface area (Å²) in [6.07, 6.45) is 8.47. The van der Waals surface area contributed by atoms with Gasteiger partial charge in [0.15, 0.2) is 0 Å². The number of carbonyl (C=O) groups excluding carboxylic acids is 2. The van der Waals surface area contributed by atoms with Crippen molar-refractivity contribution >= 4 is 11.8 Å². The van der Waals surface area contributed by atoms with Crippen LogP contribution >= 0.6 is 0 Å². The van der Waals surface area contributed by atoms with Crippen LogP contribution in [0.15, 0.2) is 30.7 Å². The highest BCUT2D eigenvalue weighted by molar-refractivity contribution is 5.93. The molecule has 0 saturated carbocycles. The summed E-state index contributed by atoms with van der Waals surface area (Å²) in [5, 5.41) is 0. The topological polar surface area (TPSA) is 75.6 Å². The second-order valence-electron chi connectivity index (χ2n) is 9.05. The fraction of sp³-hybridized carbons (Fsp3) is 0.600. The number of hydrogen-bond donors (Lipinski definition) is 0. The Labute approximate surface area is 159 Å². The van der Waals surface area contributed by atoms with Crippen LogP contribution in [0.3, 0.4) is 0 Å². The molecule has 0 N–H and O–H groups in total. The van der Waals surface area contributed by atoms with Crippen LogP contribution in [0.5, 0.6) is 0 Å². The summed E-state index contributed by atoms with van der Waals surface area (Å²) >= 11 is 0. The zero-order valence-corrected chi connectivity index (χ0v) is 16.3. The number of hydrogen-bond acceptors (Lipinski definition) is 5. The molecule has 1 spiro atoms. The Morgan fingerprint density at radius 2 is 2.19 bits per heavy atom. The molecule has 2 amide bonds. The van der Waals surface area contributed by atoms with E-state index in [1.807, 2.05) is 17.1 Å². The molecule has 7 heteroatoms. The molecule has 3 aliphatic rings. The first kappa shape index (κ1) is 18.1. The minimum atomic E-state index is -0.652. The maximum Gasteiger partial charge on any atom is 0.230 e. The van der Waals surface area contributed by atoms with Gasteiger partial charge < -0.3 is 14.5 Å². The summed E-state index contributed by atoms with van der Waals surface area (Å²) in [5.41, 5.74) is 0.0603. The van der Waals surface area contributed by atoms with E-state index in [4.69, 9.17) is 4.74 Å². The van der Waals surface area contributed by atoms with Crippen LogP contribution in [0.2, 0.25) is 0 Å². The van der Waals surface area contributed by atoms with E-state index in [0.29, 0.717) is 19.6 Å². The molecule has 144 valence electrons. The number of fused-ring (bicyclic) bond motifs is 1. The summed E-state index contributed by atoms with van der Waals surface area (Å²) in [5.74, 6) is -0.961. The monoisotopic (exact) mass is 370 g/mol. The summed E-state index contributed by atoms with van der Waals surface area (Å²) < 4.78 is 6.18. The lowest BCUT2D eigenvalue weighted by Crippen LogP contribution is -2.45. The number of carbonyl (C=O) groups is 2. The van der Waals surface area contributed by atoms with Gasteiger partial charge in [-0.05, 0) is 5.41 Å². The fourth-order valence-electron chi connectivity index (χ4n) is 4.55. The first-order valence-electron chi connectivity index (χ1n) is 9.36. The summed E-state index contributed by atoms with van der Waals surface area (Å²) in [6.45, 7) is 7.87. The van der Waals surface area contributed by atoms with Crippen molar-refractivity contribution in [3.8, 4) is 0 Å². The van der Waals surface area contributed by atoms with Gasteiger partial charge in [0.1, 0.15) is 5.60 Å². The van der Waals surface area contributed by atoms with Gasteiger partial charge in [0.25, 0.3) is 0 Å². The quantitative estimate of drug-likeness (QED) is 0.746. The highest BCUT2D eigenvalue weighted by atomic mass is 16.5. The van der Waals surface area contributed by atoms with Crippen LogP contribution in [-0.4, -0.2) is 63.4 Å². The zero-order chi connectivity index (χ0) is 19.4. The van der Waals surface area contributed by atoms with Gasteiger partial charge in [0.05, 0.1) is 42.9 Å². The molecule has 4 heterocycles. The van der Waals surface area contributed by atoms with Gasteiger partial charge in [-0.3, -0.25) is 19.6 Å². The van der Waals surface area contributed by atoms with Crippen LogP contribution in [-0.2, 0) is 20.9 Å². The van der Waals surface area contributed by atoms with Crippen molar-refractivity contribution in [2.75, 3.05) is 20.1 Å². The number of ether oxygens (including phenoxy) is 1. The molecule has 2 saturated heterocycles. The highest BCUT2D eigenvalue weighted by Gasteiger charge is 2.67. The number of aromatic nitrogens is 2. The normalized spacial score (nSPS) is 31.5. The Morgan fingerprint density at radius 3 is 2.85 bits per heavy atom. The molecule has 4 rings (SSSR count). The van der Waals surface area contributed by atoms with Gasteiger partial charge in [0, 0.05) is 26.0 Å². The average molecular weight is 370 g/mol. The molecule has 27 heavy (non-hydrogen) atoms.